The van der Waals surface area contributed by atoms with Gasteiger partial charge < -0.3 is 5.32 Å². The van der Waals surface area contributed by atoms with Crippen LogP contribution < -0.4 is 10.9 Å². The van der Waals surface area contributed by atoms with Gasteiger partial charge in [0.05, 0.1) is 5.69 Å². The lowest BCUT2D eigenvalue weighted by Crippen LogP contribution is -2.23. The van der Waals surface area contributed by atoms with Crippen molar-refractivity contribution in [1.29, 1.82) is 0 Å². The van der Waals surface area contributed by atoms with Gasteiger partial charge in [-0.05, 0) is 42.7 Å². The van der Waals surface area contributed by atoms with Gasteiger partial charge in [-0.3, -0.25) is 9.59 Å². The van der Waals surface area contributed by atoms with E-state index in [0.29, 0.717) is 19.4 Å². The van der Waals surface area contributed by atoms with E-state index in [1.54, 1.807) is 6.07 Å². The van der Waals surface area contributed by atoms with E-state index in [9.17, 15) is 9.59 Å². The lowest BCUT2D eigenvalue weighted by molar-refractivity contribution is -0.116. The monoisotopic (exact) mass is 439 g/mol. The standard InChI is InChI=1S/C22H22BrN3O2/c1-2-16-6-3-4-7-19(16)24-21(27)8-5-15-26-22(28)14-13-20(25-26)17-9-11-18(23)12-10-17/h3-4,6-7,9-14H,2,5,8,15H2,1H3,(H,24,27). The Morgan fingerprint density at radius 1 is 1.07 bits per heavy atom. The fourth-order valence-electron chi connectivity index (χ4n) is 2.94. The summed E-state index contributed by atoms with van der Waals surface area (Å²) in [5, 5.41) is 7.39. The molecule has 28 heavy (non-hydrogen) atoms. The molecule has 0 saturated carbocycles. The number of halogens is 1. The molecule has 1 heterocycles. The number of para-hydroxylation sites is 1. The van der Waals surface area contributed by atoms with Crippen molar-refractivity contribution in [2.45, 2.75) is 32.7 Å². The van der Waals surface area contributed by atoms with Crippen molar-refractivity contribution in [1.82, 2.24) is 9.78 Å². The van der Waals surface area contributed by atoms with E-state index in [0.717, 1.165) is 33.4 Å². The zero-order valence-electron chi connectivity index (χ0n) is 15.7. The maximum atomic E-state index is 12.3. The second-order valence-electron chi connectivity index (χ2n) is 6.45. The molecule has 5 nitrogen and oxygen atoms in total. The molecule has 0 aliphatic rings. The fourth-order valence-corrected chi connectivity index (χ4v) is 3.20. The number of aryl methyl sites for hydroxylation is 2. The predicted molar refractivity (Wildman–Crippen MR) is 115 cm³/mol. The summed E-state index contributed by atoms with van der Waals surface area (Å²) in [5.41, 5.74) is 3.45. The van der Waals surface area contributed by atoms with Gasteiger partial charge in [-0.15, -0.1) is 0 Å². The molecule has 144 valence electrons. The highest BCUT2D eigenvalue weighted by molar-refractivity contribution is 9.10. The highest BCUT2D eigenvalue weighted by Gasteiger charge is 2.07. The largest absolute Gasteiger partial charge is 0.326 e. The van der Waals surface area contributed by atoms with Crippen molar-refractivity contribution in [2.24, 2.45) is 0 Å². The van der Waals surface area contributed by atoms with E-state index in [2.05, 4.69) is 33.3 Å². The first-order chi connectivity index (χ1) is 13.6. The summed E-state index contributed by atoms with van der Waals surface area (Å²) in [7, 11) is 0. The van der Waals surface area contributed by atoms with Crippen molar-refractivity contribution < 1.29 is 4.79 Å². The van der Waals surface area contributed by atoms with Crippen molar-refractivity contribution in [3.63, 3.8) is 0 Å². The molecule has 3 aromatic rings. The Morgan fingerprint density at radius 2 is 1.82 bits per heavy atom. The number of anilines is 1. The molecule has 6 heteroatoms. The Kier molecular flexibility index (Phi) is 6.76. The fraction of sp³-hybridized carbons (Fsp3) is 0.227. The molecule has 0 aliphatic carbocycles. The zero-order valence-corrected chi connectivity index (χ0v) is 17.3. The molecule has 3 rings (SSSR count). The van der Waals surface area contributed by atoms with Gasteiger partial charge in [0.1, 0.15) is 0 Å². The third-order valence-corrected chi connectivity index (χ3v) is 4.98. The van der Waals surface area contributed by atoms with Crippen molar-refractivity contribution in [3.8, 4) is 11.3 Å². The van der Waals surface area contributed by atoms with Crippen molar-refractivity contribution >= 4 is 27.5 Å². The quantitative estimate of drug-likeness (QED) is 0.582. The van der Waals surface area contributed by atoms with Crippen LogP contribution >= 0.6 is 15.9 Å². The molecule has 1 aromatic heterocycles. The maximum absolute atomic E-state index is 12.3. The van der Waals surface area contributed by atoms with Gasteiger partial charge in [-0.1, -0.05) is 53.2 Å². The summed E-state index contributed by atoms with van der Waals surface area (Å²) in [5.74, 6) is -0.0574. The van der Waals surface area contributed by atoms with Crippen LogP contribution in [0.4, 0.5) is 5.69 Å². The third-order valence-electron chi connectivity index (χ3n) is 4.45. The first-order valence-electron chi connectivity index (χ1n) is 9.28. The van der Waals surface area contributed by atoms with Crippen LogP contribution in [-0.4, -0.2) is 15.7 Å². The molecule has 0 spiro atoms. The Balaban J connectivity index is 1.61. The smallest absolute Gasteiger partial charge is 0.266 e. The van der Waals surface area contributed by atoms with Crippen molar-refractivity contribution in [2.75, 3.05) is 5.32 Å². The predicted octanol–water partition coefficient (Wildman–Crippen LogP) is 4.65. The molecule has 2 aromatic carbocycles. The number of hydrogen-bond donors (Lipinski definition) is 1. The summed E-state index contributed by atoms with van der Waals surface area (Å²) in [6.45, 7) is 2.45. The molecular formula is C22H22BrN3O2. The number of nitrogens with one attached hydrogen (secondary N) is 1. The molecule has 0 unspecified atom stereocenters. The number of nitrogens with zero attached hydrogens (tertiary/aromatic N) is 2. The summed E-state index contributed by atoms with van der Waals surface area (Å²) in [6.07, 6.45) is 1.73. The first-order valence-corrected chi connectivity index (χ1v) is 10.1. The second-order valence-corrected chi connectivity index (χ2v) is 7.36. The second kappa shape index (κ2) is 9.46. The van der Waals surface area contributed by atoms with E-state index >= 15 is 0 Å². The number of rotatable bonds is 7. The minimum Gasteiger partial charge on any atom is -0.326 e. The SMILES string of the molecule is CCc1ccccc1NC(=O)CCCn1nc(-c2ccc(Br)cc2)ccc1=O. The lowest BCUT2D eigenvalue weighted by atomic mass is 10.1. The van der Waals surface area contributed by atoms with E-state index in [1.807, 2.05) is 48.5 Å². The summed E-state index contributed by atoms with van der Waals surface area (Å²) in [4.78, 5) is 24.4. The molecule has 0 atom stereocenters. The third kappa shape index (κ3) is 5.16. The Hall–Kier alpha value is -2.73. The lowest BCUT2D eigenvalue weighted by Gasteiger charge is -2.10. The first kappa shape index (κ1) is 20.0. The number of carbonyl (C=O) groups excluding carboxylic acids is 1. The van der Waals surface area contributed by atoms with Crippen LogP contribution in [-0.2, 0) is 17.8 Å². The molecule has 0 aliphatic heterocycles. The Morgan fingerprint density at radius 3 is 2.57 bits per heavy atom. The molecule has 0 saturated heterocycles. The Labute approximate surface area is 172 Å². The van der Waals surface area contributed by atoms with Gasteiger partial charge >= 0.3 is 0 Å². The Bertz CT molecular complexity index is 1010. The van der Waals surface area contributed by atoms with Gasteiger partial charge in [-0.25, -0.2) is 4.68 Å². The molecular weight excluding hydrogens is 418 g/mol. The summed E-state index contributed by atoms with van der Waals surface area (Å²) < 4.78 is 2.41. The van der Waals surface area contributed by atoms with Gasteiger partial charge in [0, 0.05) is 34.8 Å². The normalized spacial score (nSPS) is 10.6. The highest BCUT2D eigenvalue weighted by atomic mass is 79.9. The number of carbonyl (C=O) groups is 1. The number of benzene rings is 2. The van der Waals surface area contributed by atoms with Gasteiger partial charge in [0.2, 0.25) is 5.91 Å². The summed E-state index contributed by atoms with van der Waals surface area (Å²) >= 11 is 3.41. The van der Waals surface area contributed by atoms with Gasteiger partial charge in [0.25, 0.3) is 5.56 Å². The van der Waals surface area contributed by atoms with Gasteiger partial charge in [-0.2, -0.15) is 5.10 Å². The minimum absolute atomic E-state index is 0.0574. The van der Waals surface area contributed by atoms with Crippen LogP contribution in [0.3, 0.4) is 0 Å². The van der Waals surface area contributed by atoms with E-state index in [4.69, 9.17) is 0 Å². The molecule has 0 fully saturated rings. The maximum Gasteiger partial charge on any atom is 0.266 e. The minimum atomic E-state index is -0.169. The van der Waals surface area contributed by atoms with Gasteiger partial charge in [0.15, 0.2) is 0 Å². The topological polar surface area (TPSA) is 64.0 Å². The average molecular weight is 440 g/mol. The molecule has 0 bridgehead atoms. The number of aromatic nitrogens is 2. The molecule has 0 radical (unpaired) electrons. The van der Waals surface area contributed by atoms with E-state index in [-0.39, 0.29) is 11.5 Å². The summed E-state index contributed by atoms with van der Waals surface area (Å²) in [6, 6.07) is 18.8. The highest BCUT2D eigenvalue weighted by Crippen LogP contribution is 2.19. The zero-order chi connectivity index (χ0) is 19.9. The number of amides is 1. The number of hydrogen-bond acceptors (Lipinski definition) is 3. The van der Waals surface area contributed by atoms with E-state index < -0.39 is 0 Å². The van der Waals surface area contributed by atoms with Crippen LogP contribution in [0.25, 0.3) is 11.3 Å². The van der Waals surface area contributed by atoms with Crippen LogP contribution in [0.15, 0.2) is 69.9 Å². The average Bonchev–Trinajstić information content (AvgIpc) is 2.70. The van der Waals surface area contributed by atoms with Crippen LogP contribution in [0.2, 0.25) is 0 Å². The van der Waals surface area contributed by atoms with Crippen LogP contribution in [0, 0.1) is 0 Å². The molecule has 1 amide bonds. The van der Waals surface area contributed by atoms with Crippen LogP contribution in [0.1, 0.15) is 25.3 Å². The van der Waals surface area contributed by atoms with E-state index in [1.165, 1.54) is 10.7 Å². The molecule has 1 N–H and O–H groups in total. The van der Waals surface area contributed by atoms with Crippen molar-refractivity contribution in [3.05, 3.63) is 81.1 Å². The van der Waals surface area contributed by atoms with Crippen LogP contribution in [0.5, 0.6) is 0 Å².